The van der Waals surface area contributed by atoms with Crippen LogP contribution in [0, 0.1) is 5.92 Å². The van der Waals surface area contributed by atoms with Crippen LogP contribution in [0.25, 0.3) is 0 Å². The zero-order valence-corrected chi connectivity index (χ0v) is 13.3. The maximum atomic E-state index is 10.0. The molecule has 5 heteroatoms. The fraction of sp³-hybridized carbons (Fsp3) is 1.00. The lowest BCUT2D eigenvalue weighted by Gasteiger charge is -2.36. The number of likely N-dealkylation sites (tertiary alicyclic amines) is 1. The number of aliphatic hydroxyl groups excluding tert-OH is 1. The third-order valence-corrected chi connectivity index (χ3v) is 3.99. The number of ether oxygens (including phenoxy) is 2. The number of nitrogens with one attached hydrogen (secondary N) is 1. The molecule has 120 valence electrons. The van der Waals surface area contributed by atoms with Crippen molar-refractivity contribution in [3.05, 3.63) is 0 Å². The van der Waals surface area contributed by atoms with E-state index in [9.17, 15) is 5.11 Å². The molecular formula is C15H32N2O3. The van der Waals surface area contributed by atoms with Crippen molar-refractivity contribution in [2.24, 2.45) is 5.92 Å². The van der Waals surface area contributed by atoms with E-state index in [1.165, 1.54) is 12.8 Å². The van der Waals surface area contributed by atoms with Crippen molar-refractivity contribution in [3.63, 3.8) is 0 Å². The van der Waals surface area contributed by atoms with Crippen molar-refractivity contribution in [1.29, 1.82) is 0 Å². The van der Waals surface area contributed by atoms with Crippen LogP contribution in [0.4, 0.5) is 0 Å². The monoisotopic (exact) mass is 288 g/mol. The molecule has 0 bridgehead atoms. The van der Waals surface area contributed by atoms with E-state index in [-0.39, 0.29) is 0 Å². The summed E-state index contributed by atoms with van der Waals surface area (Å²) < 4.78 is 10.3. The first kappa shape index (κ1) is 17.9. The van der Waals surface area contributed by atoms with Crippen LogP contribution in [-0.4, -0.2) is 75.3 Å². The minimum atomic E-state index is -0.403. The number of aliphatic hydroxyl groups is 1. The third-order valence-electron chi connectivity index (χ3n) is 3.99. The summed E-state index contributed by atoms with van der Waals surface area (Å²) in [5.41, 5.74) is 0. The fourth-order valence-electron chi connectivity index (χ4n) is 2.87. The molecule has 1 saturated heterocycles. The Balaban J connectivity index is 2.21. The molecule has 0 radical (unpaired) electrons. The van der Waals surface area contributed by atoms with Gasteiger partial charge in [0.15, 0.2) is 0 Å². The van der Waals surface area contributed by atoms with Crippen molar-refractivity contribution >= 4 is 0 Å². The third kappa shape index (κ3) is 6.99. The van der Waals surface area contributed by atoms with E-state index in [0.29, 0.717) is 38.3 Å². The Morgan fingerprint density at radius 3 is 2.90 bits per heavy atom. The second kappa shape index (κ2) is 10.5. The Labute approximate surface area is 123 Å². The maximum Gasteiger partial charge on any atom is 0.0900 e. The summed E-state index contributed by atoms with van der Waals surface area (Å²) in [6.07, 6.45) is 2.10. The molecule has 20 heavy (non-hydrogen) atoms. The number of methoxy groups -OCH3 is 1. The summed E-state index contributed by atoms with van der Waals surface area (Å²) >= 11 is 0. The molecule has 1 fully saturated rings. The highest BCUT2D eigenvalue weighted by Crippen LogP contribution is 2.19. The van der Waals surface area contributed by atoms with Crippen LogP contribution in [0.15, 0.2) is 0 Å². The van der Waals surface area contributed by atoms with Gasteiger partial charge in [0.25, 0.3) is 0 Å². The van der Waals surface area contributed by atoms with Gasteiger partial charge in [-0.3, -0.25) is 0 Å². The molecule has 0 spiro atoms. The largest absolute Gasteiger partial charge is 0.389 e. The highest BCUT2D eigenvalue weighted by atomic mass is 16.5. The molecule has 0 saturated carbocycles. The summed E-state index contributed by atoms with van der Waals surface area (Å²) in [6.45, 7) is 9.84. The van der Waals surface area contributed by atoms with E-state index in [0.717, 1.165) is 19.6 Å². The Morgan fingerprint density at radius 2 is 2.20 bits per heavy atom. The normalized spacial score (nSPS) is 23.7. The highest BCUT2D eigenvalue weighted by Gasteiger charge is 2.25. The zero-order chi connectivity index (χ0) is 14.8. The standard InChI is InChI=1S/C15H32N2O3/c1-4-16-13(2)14-6-5-7-17(10-14)11-15(18)12-20-9-8-19-3/h13-16,18H,4-12H2,1-3H3. The van der Waals surface area contributed by atoms with Gasteiger partial charge >= 0.3 is 0 Å². The molecule has 3 atom stereocenters. The van der Waals surface area contributed by atoms with Crippen LogP contribution in [0.1, 0.15) is 26.7 Å². The molecular weight excluding hydrogens is 256 g/mol. The summed E-state index contributed by atoms with van der Waals surface area (Å²) in [7, 11) is 1.65. The van der Waals surface area contributed by atoms with Gasteiger partial charge in [-0.25, -0.2) is 0 Å². The van der Waals surface area contributed by atoms with Crippen molar-refractivity contribution in [1.82, 2.24) is 10.2 Å². The predicted molar refractivity (Wildman–Crippen MR) is 81.0 cm³/mol. The average molecular weight is 288 g/mol. The van der Waals surface area contributed by atoms with Crippen molar-refractivity contribution in [2.75, 3.05) is 53.1 Å². The van der Waals surface area contributed by atoms with Crippen molar-refractivity contribution in [2.45, 2.75) is 38.8 Å². The SMILES string of the molecule is CCNC(C)C1CCCN(CC(O)COCCOC)C1. The number of nitrogens with zero attached hydrogens (tertiary/aromatic N) is 1. The Morgan fingerprint density at radius 1 is 1.40 bits per heavy atom. The predicted octanol–water partition coefficient (Wildman–Crippen LogP) is 0.720. The first-order chi connectivity index (χ1) is 9.67. The van der Waals surface area contributed by atoms with Gasteiger partial charge in [0, 0.05) is 26.2 Å². The van der Waals surface area contributed by atoms with E-state index in [2.05, 4.69) is 24.1 Å². The second-order valence-corrected chi connectivity index (χ2v) is 5.73. The maximum absolute atomic E-state index is 10.0. The smallest absolute Gasteiger partial charge is 0.0900 e. The van der Waals surface area contributed by atoms with E-state index in [1.807, 2.05) is 0 Å². The number of hydrogen-bond donors (Lipinski definition) is 2. The molecule has 0 aromatic rings. The lowest BCUT2D eigenvalue weighted by molar-refractivity contribution is -0.00684. The fourth-order valence-corrected chi connectivity index (χ4v) is 2.87. The van der Waals surface area contributed by atoms with Crippen LogP contribution in [0.5, 0.6) is 0 Å². The quantitative estimate of drug-likeness (QED) is 0.580. The summed E-state index contributed by atoms with van der Waals surface area (Å²) in [6, 6.07) is 0.554. The topological polar surface area (TPSA) is 54.0 Å². The lowest BCUT2D eigenvalue weighted by Crippen LogP contribution is -2.47. The van der Waals surface area contributed by atoms with E-state index < -0.39 is 6.10 Å². The van der Waals surface area contributed by atoms with Crippen LogP contribution in [-0.2, 0) is 9.47 Å². The molecule has 0 aromatic heterocycles. The number of piperidine rings is 1. The first-order valence-electron chi connectivity index (χ1n) is 7.87. The second-order valence-electron chi connectivity index (χ2n) is 5.73. The van der Waals surface area contributed by atoms with Crippen LogP contribution >= 0.6 is 0 Å². The van der Waals surface area contributed by atoms with Crippen LogP contribution < -0.4 is 5.32 Å². The molecule has 2 N–H and O–H groups in total. The minimum absolute atomic E-state index is 0.396. The number of β-amino-alcohol motifs (C(OH)–C–C–N with tert-alkyl or cyclic N) is 1. The first-order valence-corrected chi connectivity index (χ1v) is 7.87. The Bertz CT molecular complexity index is 241. The van der Waals surface area contributed by atoms with Crippen LogP contribution in [0.2, 0.25) is 0 Å². The Kier molecular flexibility index (Phi) is 9.39. The van der Waals surface area contributed by atoms with Gasteiger partial charge in [-0.1, -0.05) is 6.92 Å². The molecule has 0 amide bonds. The van der Waals surface area contributed by atoms with E-state index in [4.69, 9.17) is 9.47 Å². The van der Waals surface area contributed by atoms with Crippen molar-refractivity contribution in [3.8, 4) is 0 Å². The van der Waals surface area contributed by atoms with E-state index in [1.54, 1.807) is 7.11 Å². The van der Waals surface area contributed by atoms with Gasteiger partial charge in [-0.2, -0.15) is 0 Å². The Hall–Kier alpha value is -0.200. The van der Waals surface area contributed by atoms with E-state index >= 15 is 0 Å². The molecule has 1 rings (SSSR count). The molecule has 1 aliphatic rings. The number of rotatable bonds is 10. The molecule has 5 nitrogen and oxygen atoms in total. The highest BCUT2D eigenvalue weighted by molar-refractivity contribution is 4.81. The average Bonchev–Trinajstić information content (AvgIpc) is 2.44. The van der Waals surface area contributed by atoms with Crippen molar-refractivity contribution < 1.29 is 14.6 Å². The molecule has 0 aromatic carbocycles. The molecule has 1 heterocycles. The zero-order valence-electron chi connectivity index (χ0n) is 13.3. The van der Waals surface area contributed by atoms with Crippen LogP contribution in [0.3, 0.4) is 0 Å². The lowest BCUT2D eigenvalue weighted by atomic mass is 9.91. The summed E-state index contributed by atoms with van der Waals surface area (Å²) in [4.78, 5) is 2.37. The van der Waals surface area contributed by atoms with Gasteiger partial charge < -0.3 is 24.8 Å². The summed E-state index contributed by atoms with van der Waals surface area (Å²) in [5, 5.41) is 13.5. The molecule has 0 aliphatic carbocycles. The summed E-state index contributed by atoms with van der Waals surface area (Å²) in [5.74, 6) is 0.685. The number of hydrogen-bond acceptors (Lipinski definition) is 5. The molecule has 1 aliphatic heterocycles. The molecule has 3 unspecified atom stereocenters. The van der Waals surface area contributed by atoms with Gasteiger partial charge in [0.1, 0.15) is 0 Å². The van der Waals surface area contributed by atoms with Gasteiger partial charge in [-0.05, 0) is 38.8 Å². The van der Waals surface area contributed by atoms with Gasteiger partial charge in [0.2, 0.25) is 0 Å². The van der Waals surface area contributed by atoms with Gasteiger partial charge in [0.05, 0.1) is 25.9 Å². The van der Waals surface area contributed by atoms with Gasteiger partial charge in [-0.15, -0.1) is 0 Å². The minimum Gasteiger partial charge on any atom is -0.389 e.